The standard InChI is InChI=1S/C26H32O2Si/c1-26(2,3)29(23-13-6-4-7-14-23,24-15-8-5-9-16-24)27-19-18-22-20-21-12-10-11-17-25(21)28-22/h4-9,13-16,20H,10-12,17-19H2,1-3H3. The zero-order valence-corrected chi connectivity index (χ0v) is 18.9. The third kappa shape index (κ3) is 3.99. The van der Waals surface area contributed by atoms with Gasteiger partial charge in [-0.15, -0.1) is 0 Å². The fourth-order valence-electron chi connectivity index (χ4n) is 4.74. The number of rotatable bonds is 6. The van der Waals surface area contributed by atoms with E-state index >= 15 is 0 Å². The zero-order chi connectivity index (χ0) is 20.3. The van der Waals surface area contributed by atoms with E-state index in [4.69, 9.17) is 8.84 Å². The number of fused-ring (bicyclic) bond motifs is 1. The van der Waals surface area contributed by atoms with Crippen molar-refractivity contribution in [2.24, 2.45) is 0 Å². The number of aryl methyl sites for hydroxylation is 2. The third-order valence-electron chi connectivity index (χ3n) is 6.13. The predicted octanol–water partition coefficient (Wildman–Crippen LogP) is 5.28. The smallest absolute Gasteiger partial charge is 0.261 e. The van der Waals surface area contributed by atoms with Crippen molar-refractivity contribution in [2.75, 3.05) is 6.61 Å². The second-order valence-corrected chi connectivity index (χ2v) is 13.4. The fraction of sp³-hybridized carbons (Fsp3) is 0.385. The molecule has 0 amide bonds. The Labute approximate surface area is 176 Å². The van der Waals surface area contributed by atoms with Crippen LogP contribution in [-0.4, -0.2) is 14.9 Å². The van der Waals surface area contributed by atoms with Gasteiger partial charge in [0, 0.05) is 19.4 Å². The van der Waals surface area contributed by atoms with Crippen LogP contribution in [0.4, 0.5) is 0 Å². The van der Waals surface area contributed by atoms with E-state index in [-0.39, 0.29) is 5.04 Å². The van der Waals surface area contributed by atoms with Crippen molar-refractivity contribution in [3.8, 4) is 0 Å². The molecule has 0 saturated carbocycles. The first-order valence-corrected chi connectivity index (χ1v) is 12.8. The molecule has 1 aliphatic carbocycles. The maximum atomic E-state index is 6.98. The maximum Gasteiger partial charge on any atom is 0.261 e. The van der Waals surface area contributed by atoms with Gasteiger partial charge in [-0.1, -0.05) is 81.4 Å². The van der Waals surface area contributed by atoms with Gasteiger partial charge in [-0.25, -0.2) is 0 Å². The van der Waals surface area contributed by atoms with Crippen molar-refractivity contribution < 1.29 is 8.84 Å². The second kappa shape index (κ2) is 8.33. The molecular formula is C26H32O2Si. The lowest BCUT2D eigenvalue weighted by atomic mass is 9.99. The molecule has 0 N–H and O–H groups in total. The van der Waals surface area contributed by atoms with E-state index in [2.05, 4.69) is 87.5 Å². The van der Waals surface area contributed by atoms with Gasteiger partial charge in [-0.05, 0) is 46.3 Å². The molecule has 2 aromatic carbocycles. The van der Waals surface area contributed by atoms with Crippen LogP contribution in [0.1, 0.15) is 50.7 Å². The Bertz CT molecular complexity index is 859. The summed E-state index contributed by atoms with van der Waals surface area (Å²) in [5.41, 5.74) is 1.41. The Morgan fingerprint density at radius 2 is 1.45 bits per heavy atom. The van der Waals surface area contributed by atoms with Crippen molar-refractivity contribution in [3.63, 3.8) is 0 Å². The van der Waals surface area contributed by atoms with Gasteiger partial charge in [0.15, 0.2) is 0 Å². The highest BCUT2D eigenvalue weighted by Gasteiger charge is 2.50. The fourth-order valence-corrected chi connectivity index (χ4v) is 9.31. The molecule has 0 unspecified atom stereocenters. The second-order valence-electron chi connectivity index (χ2n) is 9.13. The molecule has 1 heterocycles. The molecule has 1 aliphatic rings. The number of hydrogen-bond donors (Lipinski definition) is 0. The van der Waals surface area contributed by atoms with Crippen LogP contribution >= 0.6 is 0 Å². The maximum absolute atomic E-state index is 6.98. The van der Waals surface area contributed by atoms with Crippen LogP contribution < -0.4 is 10.4 Å². The van der Waals surface area contributed by atoms with E-state index in [1.54, 1.807) is 0 Å². The van der Waals surface area contributed by atoms with Crippen molar-refractivity contribution in [1.29, 1.82) is 0 Å². The van der Waals surface area contributed by atoms with Gasteiger partial charge in [-0.3, -0.25) is 0 Å². The minimum absolute atomic E-state index is 0.0120. The lowest BCUT2D eigenvalue weighted by molar-refractivity contribution is 0.289. The summed E-state index contributed by atoms with van der Waals surface area (Å²) in [6.45, 7) is 7.65. The van der Waals surface area contributed by atoms with Crippen LogP contribution in [0.2, 0.25) is 5.04 Å². The molecular weight excluding hydrogens is 372 g/mol. The molecule has 152 valence electrons. The molecule has 0 fully saturated rings. The van der Waals surface area contributed by atoms with Gasteiger partial charge in [0.1, 0.15) is 11.5 Å². The summed E-state index contributed by atoms with van der Waals surface area (Å²) in [5, 5.41) is 2.67. The topological polar surface area (TPSA) is 22.4 Å². The van der Waals surface area contributed by atoms with Gasteiger partial charge >= 0.3 is 0 Å². The average Bonchev–Trinajstić information content (AvgIpc) is 3.14. The van der Waals surface area contributed by atoms with E-state index in [0.717, 1.165) is 25.0 Å². The molecule has 3 heteroatoms. The number of benzene rings is 2. The lowest BCUT2D eigenvalue weighted by Crippen LogP contribution is -2.66. The van der Waals surface area contributed by atoms with Crippen molar-refractivity contribution >= 4 is 18.7 Å². The summed E-state index contributed by atoms with van der Waals surface area (Å²) in [6.07, 6.45) is 5.61. The first-order valence-electron chi connectivity index (χ1n) is 10.9. The number of furan rings is 1. The van der Waals surface area contributed by atoms with Gasteiger partial charge in [-0.2, -0.15) is 0 Å². The average molecular weight is 405 g/mol. The lowest BCUT2D eigenvalue weighted by Gasteiger charge is -2.43. The molecule has 0 saturated heterocycles. The quantitative estimate of drug-likeness (QED) is 0.522. The molecule has 3 aromatic rings. The van der Waals surface area contributed by atoms with E-state index < -0.39 is 8.32 Å². The largest absolute Gasteiger partial charge is 0.466 e. The van der Waals surface area contributed by atoms with Crippen molar-refractivity contribution in [3.05, 3.63) is 83.8 Å². The summed E-state index contributed by atoms with van der Waals surface area (Å²) >= 11 is 0. The van der Waals surface area contributed by atoms with Crippen LogP contribution in [0.5, 0.6) is 0 Å². The Hall–Kier alpha value is -2.10. The SMILES string of the molecule is CC(C)(C)[Si](OCCc1cc2c(o1)CCCC2)(c1ccccc1)c1ccccc1. The van der Waals surface area contributed by atoms with Crippen LogP contribution in [0.15, 0.2) is 71.1 Å². The van der Waals surface area contributed by atoms with Crippen molar-refractivity contribution in [1.82, 2.24) is 0 Å². The monoisotopic (exact) mass is 404 g/mol. The van der Waals surface area contributed by atoms with Crippen LogP contribution in [0.25, 0.3) is 0 Å². The minimum Gasteiger partial charge on any atom is -0.466 e. The molecule has 0 spiro atoms. The molecule has 0 bridgehead atoms. The molecule has 0 aliphatic heterocycles. The van der Waals surface area contributed by atoms with Gasteiger partial charge < -0.3 is 8.84 Å². The number of hydrogen-bond acceptors (Lipinski definition) is 2. The Balaban J connectivity index is 1.64. The summed E-state index contributed by atoms with van der Waals surface area (Å²) < 4.78 is 13.1. The van der Waals surface area contributed by atoms with Crippen LogP contribution in [0, 0.1) is 0 Å². The molecule has 4 rings (SSSR count). The molecule has 1 aromatic heterocycles. The molecule has 0 radical (unpaired) electrons. The summed E-state index contributed by atoms with van der Waals surface area (Å²) in [6, 6.07) is 24.0. The summed E-state index contributed by atoms with van der Waals surface area (Å²) in [7, 11) is -2.46. The van der Waals surface area contributed by atoms with Crippen molar-refractivity contribution in [2.45, 2.75) is 57.9 Å². The highest BCUT2D eigenvalue weighted by molar-refractivity contribution is 6.99. The van der Waals surface area contributed by atoms with Crippen LogP contribution in [-0.2, 0) is 23.7 Å². The molecule has 0 atom stereocenters. The zero-order valence-electron chi connectivity index (χ0n) is 17.9. The first-order chi connectivity index (χ1) is 14.0. The summed E-state index contributed by atoms with van der Waals surface area (Å²) in [4.78, 5) is 0. The minimum atomic E-state index is -2.46. The Morgan fingerprint density at radius 1 is 0.862 bits per heavy atom. The highest BCUT2D eigenvalue weighted by Crippen LogP contribution is 2.37. The third-order valence-corrected chi connectivity index (χ3v) is 11.2. The normalized spacial score (nSPS) is 14.6. The van der Waals surface area contributed by atoms with E-state index in [1.807, 2.05) is 0 Å². The van der Waals surface area contributed by atoms with Crippen LogP contribution in [0.3, 0.4) is 0 Å². The Kier molecular flexibility index (Phi) is 5.80. The Morgan fingerprint density at radius 3 is 2.00 bits per heavy atom. The first kappa shape index (κ1) is 20.2. The van der Waals surface area contributed by atoms with E-state index in [0.29, 0.717) is 6.61 Å². The molecule has 2 nitrogen and oxygen atoms in total. The van der Waals surface area contributed by atoms with E-state index in [9.17, 15) is 0 Å². The highest BCUT2D eigenvalue weighted by atomic mass is 28.4. The van der Waals surface area contributed by atoms with Gasteiger partial charge in [0.25, 0.3) is 8.32 Å². The van der Waals surface area contributed by atoms with Gasteiger partial charge in [0.05, 0.1) is 0 Å². The molecule has 29 heavy (non-hydrogen) atoms. The predicted molar refractivity (Wildman–Crippen MR) is 123 cm³/mol. The van der Waals surface area contributed by atoms with Gasteiger partial charge in [0.2, 0.25) is 0 Å². The summed E-state index contributed by atoms with van der Waals surface area (Å²) in [5.74, 6) is 2.28. The van der Waals surface area contributed by atoms with E-state index in [1.165, 1.54) is 34.5 Å².